The maximum Gasteiger partial charge on any atom is 0.409 e. The summed E-state index contributed by atoms with van der Waals surface area (Å²) in [5.74, 6) is 0.543. The van der Waals surface area contributed by atoms with E-state index in [1.165, 1.54) is 11.0 Å². The van der Waals surface area contributed by atoms with Gasteiger partial charge in [-0.3, -0.25) is 10.1 Å². The molecule has 1 aliphatic heterocycles. The van der Waals surface area contributed by atoms with Crippen LogP contribution in [0.3, 0.4) is 0 Å². The van der Waals surface area contributed by atoms with Gasteiger partial charge in [0, 0.05) is 34.8 Å². The number of hydrogen-bond acceptors (Lipinski definition) is 6. The predicted octanol–water partition coefficient (Wildman–Crippen LogP) is 5.96. The highest BCUT2D eigenvalue weighted by molar-refractivity contribution is 6.30. The molecule has 3 aromatic carbocycles. The van der Waals surface area contributed by atoms with Crippen LogP contribution >= 0.6 is 11.6 Å². The van der Waals surface area contributed by atoms with Gasteiger partial charge in [-0.1, -0.05) is 54.1 Å². The van der Waals surface area contributed by atoms with Crippen LogP contribution in [0.15, 0.2) is 91.4 Å². The lowest BCUT2D eigenvalue weighted by molar-refractivity contribution is -0.130. The SMILES string of the molecule is O=C(O)Nc1ccc(-c2cnc(C3C(c4ccccc4)CCCN3C(=O)/C=C/c3cc(Cl)ccc3-n3cnnn3)[nH]2)cc1. The van der Waals surface area contributed by atoms with Crippen molar-refractivity contribution in [2.75, 3.05) is 11.9 Å². The number of carbonyl (C=O) groups excluding carboxylic acids is 1. The van der Waals surface area contributed by atoms with E-state index >= 15 is 0 Å². The molecule has 5 aromatic rings. The van der Waals surface area contributed by atoms with Crippen LogP contribution in [-0.4, -0.2) is 58.7 Å². The number of amides is 2. The van der Waals surface area contributed by atoms with Crippen molar-refractivity contribution in [2.45, 2.75) is 24.8 Å². The molecule has 0 spiro atoms. The van der Waals surface area contributed by atoms with E-state index in [0.717, 1.165) is 29.7 Å². The van der Waals surface area contributed by atoms with Gasteiger partial charge in [0.2, 0.25) is 5.91 Å². The second-order valence-electron chi connectivity index (χ2n) is 10.1. The molecule has 6 rings (SSSR count). The van der Waals surface area contributed by atoms with E-state index in [4.69, 9.17) is 21.7 Å². The zero-order valence-electron chi connectivity index (χ0n) is 22.8. The summed E-state index contributed by atoms with van der Waals surface area (Å²) in [6.45, 7) is 0.568. The standard InChI is InChI=1S/C31H27ClN8O3/c32-23-11-14-27(40-19-34-37-38-40)22(17-23)10-15-28(41)39-16-4-7-25(20-5-2-1-3-6-20)29(39)30-33-18-26(36-30)21-8-12-24(13-9-21)35-31(42)43/h1-3,5-6,8-15,17-19,25,29,35H,4,7,16H2,(H,33,36)(H,42,43)/b15-10+. The number of aromatic amines is 1. The number of aromatic nitrogens is 6. The molecule has 1 saturated heterocycles. The lowest BCUT2D eigenvalue weighted by atomic mass is 9.83. The van der Waals surface area contributed by atoms with Crippen molar-refractivity contribution in [3.05, 3.63) is 113 Å². The average Bonchev–Trinajstić information content (AvgIpc) is 3.73. The quantitative estimate of drug-likeness (QED) is 0.197. The summed E-state index contributed by atoms with van der Waals surface area (Å²) in [4.78, 5) is 34.9. The molecule has 2 amide bonds. The first-order chi connectivity index (χ1) is 21.0. The van der Waals surface area contributed by atoms with Crippen molar-refractivity contribution in [1.82, 2.24) is 35.1 Å². The molecule has 2 unspecified atom stereocenters. The zero-order valence-corrected chi connectivity index (χ0v) is 23.6. The van der Waals surface area contributed by atoms with Gasteiger partial charge in [-0.15, -0.1) is 5.10 Å². The number of carbonyl (C=O) groups is 2. The van der Waals surface area contributed by atoms with Gasteiger partial charge in [0.15, 0.2) is 0 Å². The number of rotatable bonds is 7. The summed E-state index contributed by atoms with van der Waals surface area (Å²) in [5.41, 5.74) is 4.60. The van der Waals surface area contributed by atoms with Crippen molar-refractivity contribution in [3.63, 3.8) is 0 Å². The summed E-state index contributed by atoms with van der Waals surface area (Å²) >= 11 is 6.28. The molecule has 0 radical (unpaired) electrons. The van der Waals surface area contributed by atoms with Crippen LogP contribution in [-0.2, 0) is 4.79 Å². The van der Waals surface area contributed by atoms with Crippen LogP contribution < -0.4 is 5.32 Å². The third-order valence-electron chi connectivity index (χ3n) is 7.46. The molecule has 11 nitrogen and oxygen atoms in total. The first-order valence-corrected chi connectivity index (χ1v) is 14.1. The van der Waals surface area contributed by atoms with E-state index in [1.54, 1.807) is 48.7 Å². The predicted molar refractivity (Wildman–Crippen MR) is 162 cm³/mol. The number of nitrogens with zero attached hydrogens (tertiary/aromatic N) is 6. The highest BCUT2D eigenvalue weighted by atomic mass is 35.5. The number of nitrogens with one attached hydrogen (secondary N) is 2. The maximum absolute atomic E-state index is 13.9. The molecule has 2 aromatic heterocycles. The van der Waals surface area contributed by atoms with Gasteiger partial charge in [0.05, 0.1) is 23.6 Å². The second-order valence-corrected chi connectivity index (χ2v) is 10.6. The number of anilines is 1. The van der Waals surface area contributed by atoms with Crippen LogP contribution in [0.5, 0.6) is 0 Å². The number of halogens is 1. The Morgan fingerprint density at radius 3 is 2.63 bits per heavy atom. The molecular weight excluding hydrogens is 568 g/mol. The van der Waals surface area contributed by atoms with Crippen LogP contribution in [0.25, 0.3) is 23.0 Å². The number of H-pyrrole nitrogens is 1. The Morgan fingerprint density at radius 2 is 1.88 bits per heavy atom. The minimum absolute atomic E-state index is 0.0244. The Morgan fingerprint density at radius 1 is 1.07 bits per heavy atom. The Bertz CT molecular complexity index is 1750. The highest BCUT2D eigenvalue weighted by Crippen LogP contribution is 2.42. The summed E-state index contributed by atoms with van der Waals surface area (Å²) < 4.78 is 1.52. The molecule has 1 fully saturated rings. The van der Waals surface area contributed by atoms with Crippen LogP contribution in [0, 0.1) is 0 Å². The van der Waals surface area contributed by atoms with E-state index in [1.807, 2.05) is 35.2 Å². The summed E-state index contributed by atoms with van der Waals surface area (Å²) in [6.07, 6.45) is 7.13. The fourth-order valence-corrected chi connectivity index (χ4v) is 5.70. The number of carboxylic acid groups (broad SMARTS) is 1. The van der Waals surface area contributed by atoms with Crippen LogP contribution in [0.2, 0.25) is 5.02 Å². The van der Waals surface area contributed by atoms with Crippen molar-refractivity contribution >= 4 is 35.4 Å². The van der Waals surface area contributed by atoms with Gasteiger partial charge in [0.25, 0.3) is 0 Å². The van der Waals surface area contributed by atoms with E-state index < -0.39 is 6.09 Å². The number of likely N-dealkylation sites (tertiary alicyclic amines) is 1. The van der Waals surface area contributed by atoms with Gasteiger partial charge in [-0.05, 0) is 70.8 Å². The number of benzene rings is 3. The largest absolute Gasteiger partial charge is 0.465 e. The highest BCUT2D eigenvalue weighted by Gasteiger charge is 2.37. The third kappa shape index (κ3) is 6.16. The molecule has 12 heteroatoms. The first kappa shape index (κ1) is 27.9. The van der Waals surface area contributed by atoms with Crippen molar-refractivity contribution in [1.29, 1.82) is 0 Å². The molecule has 0 saturated carbocycles. The molecule has 1 aliphatic rings. The summed E-state index contributed by atoms with van der Waals surface area (Å²) in [5, 5.41) is 23.3. The zero-order chi connectivity index (χ0) is 29.8. The van der Waals surface area contributed by atoms with E-state index in [9.17, 15) is 9.59 Å². The molecule has 3 heterocycles. The topological polar surface area (TPSA) is 142 Å². The van der Waals surface area contributed by atoms with Gasteiger partial charge in [-0.25, -0.2) is 9.78 Å². The molecule has 43 heavy (non-hydrogen) atoms. The minimum atomic E-state index is -1.12. The minimum Gasteiger partial charge on any atom is -0.465 e. The lowest BCUT2D eigenvalue weighted by Gasteiger charge is -2.40. The van der Waals surface area contributed by atoms with Crippen molar-refractivity contribution in [3.8, 4) is 16.9 Å². The van der Waals surface area contributed by atoms with Gasteiger partial charge >= 0.3 is 6.09 Å². The van der Waals surface area contributed by atoms with Gasteiger partial charge in [0.1, 0.15) is 12.2 Å². The Labute approximate surface area is 251 Å². The fraction of sp³-hybridized carbons (Fsp3) is 0.161. The maximum atomic E-state index is 13.9. The number of hydrogen-bond donors (Lipinski definition) is 3. The lowest BCUT2D eigenvalue weighted by Crippen LogP contribution is -2.41. The number of tetrazole rings is 1. The van der Waals surface area contributed by atoms with Gasteiger partial charge in [-0.2, -0.15) is 4.68 Å². The van der Waals surface area contributed by atoms with Crippen molar-refractivity contribution in [2.24, 2.45) is 0 Å². The summed E-state index contributed by atoms with van der Waals surface area (Å²) in [6, 6.07) is 22.2. The fourth-order valence-electron chi connectivity index (χ4n) is 5.52. The monoisotopic (exact) mass is 594 g/mol. The Hall–Kier alpha value is -5.29. The second kappa shape index (κ2) is 12.3. The molecule has 0 aliphatic carbocycles. The van der Waals surface area contributed by atoms with Gasteiger partial charge < -0.3 is 15.0 Å². The smallest absolute Gasteiger partial charge is 0.409 e. The van der Waals surface area contributed by atoms with E-state index in [0.29, 0.717) is 34.3 Å². The van der Waals surface area contributed by atoms with Crippen LogP contribution in [0.1, 0.15) is 41.8 Å². The van der Waals surface area contributed by atoms with Crippen molar-refractivity contribution < 1.29 is 14.7 Å². The molecular formula is C31H27ClN8O3. The van der Waals surface area contributed by atoms with E-state index in [-0.39, 0.29) is 17.9 Å². The molecule has 2 atom stereocenters. The normalized spacial score (nSPS) is 16.8. The molecule has 0 bridgehead atoms. The summed E-state index contributed by atoms with van der Waals surface area (Å²) in [7, 11) is 0. The third-order valence-corrected chi connectivity index (χ3v) is 7.69. The Balaban J connectivity index is 1.33. The van der Waals surface area contributed by atoms with Crippen LogP contribution in [0.4, 0.5) is 10.5 Å². The molecule has 216 valence electrons. The molecule has 3 N–H and O–H groups in total. The Kier molecular flexibility index (Phi) is 7.96. The number of imidazole rings is 1. The number of piperidine rings is 1. The first-order valence-electron chi connectivity index (χ1n) is 13.7. The van der Waals surface area contributed by atoms with E-state index in [2.05, 4.69) is 38.0 Å². The average molecular weight is 595 g/mol.